The summed E-state index contributed by atoms with van der Waals surface area (Å²) in [6.07, 6.45) is 0. The predicted octanol–water partition coefficient (Wildman–Crippen LogP) is 5.50. The van der Waals surface area contributed by atoms with Crippen molar-refractivity contribution in [3.05, 3.63) is 71.2 Å². The number of carbonyl (C=O) groups is 2. The first-order valence-electron chi connectivity index (χ1n) is 9.63. The SMILES string of the molecule is COc1cc(OC)c(NC(=O)N(S)c2ccc(NC(=O)c3ccccc3OC)cc2)cc1Cl. The van der Waals surface area contributed by atoms with Gasteiger partial charge in [-0.2, -0.15) is 0 Å². The van der Waals surface area contributed by atoms with Gasteiger partial charge in [0, 0.05) is 11.8 Å². The average Bonchev–Trinajstić information content (AvgIpc) is 2.84. The summed E-state index contributed by atoms with van der Waals surface area (Å²) in [5.41, 5.74) is 1.78. The van der Waals surface area contributed by atoms with E-state index in [2.05, 4.69) is 23.4 Å². The van der Waals surface area contributed by atoms with Crippen molar-refractivity contribution in [3.8, 4) is 17.2 Å². The number of nitrogens with one attached hydrogen (secondary N) is 2. The molecule has 0 aliphatic rings. The highest BCUT2D eigenvalue weighted by Gasteiger charge is 2.17. The first-order valence-corrected chi connectivity index (χ1v) is 10.4. The fourth-order valence-electron chi connectivity index (χ4n) is 2.96. The topological polar surface area (TPSA) is 89.1 Å². The minimum absolute atomic E-state index is 0.314. The van der Waals surface area contributed by atoms with Crippen molar-refractivity contribution in [3.63, 3.8) is 0 Å². The molecular formula is C23H22ClN3O5S. The second kappa shape index (κ2) is 10.8. The zero-order valence-electron chi connectivity index (χ0n) is 18.1. The third kappa shape index (κ3) is 5.63. The number of rotatable bonds is 7. The largest absolute Gasteiger partial charge is 0.496 e. The van der Waals surface area contributed by atoms with Crippen molar-refractivity contribution in [2.75, 3.05) is 36.3 Å². The number of nitrogens with zero attached hydrogens (tertiary/aromatic N) is 1. The summed E-state index contributed by atoms with van der Waals surface area (Å²) in [4.78, 5) is 25.2. The Morgan fingerprint density at radius 3 is 2.12 bits per heavy atom. The molecule has 3 aromatic carbocycles. The minimum Gasteiger partial charge on any atom is -0.496 e. The van der Waals surface area contributed by atoms with Crippen LogP contribution in [0, 0.1) is 0 Å². The van der Waals surface area contributed by atoms with Gasteiger partial charge in [-0.1, -0.05) is 36.5 Å². The van der Waals surface area contributed by atoms with Gasteiger partial charge in [0.05, 0.1) is 43.3 Å². The molecular weight excluding hydrogens is 466 g/mol. The van der Waals surface area contributed by atoms with E-state index >= 15 is 0 Å². The van der Waals surface area contributed by atoms with E-state index in [0.29, 0.717) is 44.9 Å². The lowest BCUT2D eigenvalue weighted by Crippen LogP contribution is -2.27. The Balaban J connectivity index is 1.70. The van der Waals surface area contributed by atoms with Gasteiger partial charge in [-0.15, -0.1) is 0 Å². The van der Waals surface area contributed by atoms with Gasteiger partial charge in [0.1, 0.15) is 17.2 Å². The van der Waals surface area contributed by atoms with Crippen molar-refractivity contribution >= 4 is 53.4 Å². The van der Waals surface area contributed by atoms with E-state index in [0.717, 1.165) is 4.31 Å². The second-order valence-electron chi connectivity index (χ2n) is 6.63. The van der Waals surface area contributed by atoms with Gasteiger partial charge in [-0.25, -0.2) is 9.10 Å². The molecule has 0 saturated heterocycles. The maximum Gasteiger partial charge on any atom is 0.336 e. The third-order valence-electron chi connectivity index (χ3n) is 4.63. The maximum absolute atomic E-state index is 12.7. The van der Waals surface area contributed by atoms with E-state index in [1.165, 1.54) is 27.4 Å². The lowest BCUT2D eigenvalue weighted by Gasteiger charge is -2.19. The number of benzene rings is 3. The number of urea groups is 1. The number of methoxy groups -OCH3 is 3. The summed E-state index contributed by atoms with van der Waals surface area (Å²) in [7, 11) is 4.45. The smallest absolute Gasteiger partial charge is 0.336 e. The molecule has 0 bridgehead atoms. The normalized spacial score (nSPS) is 10.2. The molecule has 3 amide bonds. The first kappa shape index (κ1) is 24.1. The van der Waals surface area contributed by atoms with E-state index in [-0.39, 0.29) is 5.91 Å². The summed E-state index contributed by atoms with van der Waals surface area (Å²) >= 11 is 10.4. The van der Waals surface area contributed by atoms with Crippen molar-refractivity contribution in [2.24, 2.45) is 0 Å². The van der Waals surface area contributed by atoms with E-state index in [4.69, 9.17) is 25.8 Å². The lowest BCUT2D eigenvalue weighted by molar-refractivity contribution is 0.102. The Kier molecular flexibility index (Phi) is 7.92. The highest BCUT2D eigenvalue weighted by molar-refractivity contribution is 7.82. The van der Waals surface area contributed by atoms with E-state index in [1.807, 2.05) is 0 Å². The van der Waals surface area contributed by atoms with Gasteiger partial charge in [0.25, 0.3) is 5.91 Å². The summed E-state index contributed by atoms with van der Waals surface area (Å²) in [5, 5.41) is 5.80. The van der Waals surface area contributed by atoms with Gasteiger partial charge in [-0.3, -0.25) is 4.79 Å². The van der Waals surface area contributed by atoms with Crippen molar-refractivity contribution in [1.29, 1.82) is 0 Å². The Hall–Kier alpha value is -3.56. The summed E-state index contributed by atoms with van der Waals surface area (Å²) in [6.45, 7) is 0. The maximum atomic E-state index is 12.7. The summed E-state index contributed by atoms with van der Waals surface area (Å²) in [5.74, 6) is 0.948. The second-order valence-corrected chi connectivity index (χ2v) is 7.44. The predicted molar refractivity (Wildman–Crippen MR) is 132 cm³/mol. The quantitative estimate of drug-likeness (QED) is 0.383. The van der Waals surface area contributed by atoms with E-state index in [1.54, 1.807) is 54.6 Å². The van der Waals surface area contributed by atoms with Gasteiger partial charge in [0.2, 0.25) is 0 Å². The number of carbonyl (C=O) groups excluding carboxylic acids is 2. The zero-order chi connectivity index (χ0) is 24.0. The molecule has 0 heterocycles. The molecule has 3 aromatic rings. The number of hydrogen-bond acceptors (Lipinski definition) is 6. The minimum atomic E-state index is -0.538. The van der Waals surface area contributed by atoms with Crippen LogP contribution in [0.4, 0.5) is 21.9 Å². The van der Waals surface area contributed by atoms with Crippen molar-refractivity contribution in [1.82, 2.24) is 0 Å². The van der Waals surface area contributed by atoms with Crippen LogP contribution in [0.25, 0.3) is 0 Å². The Bertz CT molecular complexity index is 1160. The van der Waals surface area contributed by atoms with Crippen LogP contribution in [0.5, 0.6) is 17.2 Å². The number of amides is 3. The van der Waals surface area contributed by atoms with Gasteiger partial charge in [0.15, 0.2) is 0 Å². The number of ether oxygens (including phenoxy) is 3. The van der Waals surface area contributed by atoms with Crippen LogP contribution in [0.15, 0.2) is 60.7 Å². The number of thiol groups is 1. The van der Waals surface area contributed by atoms with Crippen LogP contribution < -0.4 is 29.1 Å². The number of anilines is 3. The van der Waals surface area contributed by atoms with Gasteiger partial charge in [-0.05, 0) is 42.5 Å². The molecule has 0 unspecified atom stereocenters. The fraction of sp³-hybridized carbons (Fsp3) is 0.130. The molecule has 0 aliphatic carbocycles. The average molecular weight is 488 g/mol. The molecule has 0 fully saturated rings. The summed E-state index contributed by atoms with van der Waals surface area (Å²) in [6, 6.07) is 16.1. The highest BCUT2D eigenvalue weighted by Crippen LogP contribution is 2.36. The van der Waals surface area contributed by atoms with Gasteiger partial charge < -0.3 is 24.8 Å². The van der Waals surface area contributed by atoms with Crippen LogP contribution in [0.3, 0.4) is 0 Å². The molecule has 33 heavy (non-hydrogen) atoms. The lowest BCUT2D eigenvalue weighted by atomic mass is 10.2. The van der Waals surface area contributed by atoms with E-state index < -0.39 is 6.03 Å². The molecule has 0 atom stereocenters. The van der Waals surface area contributed by atoms with Crippen LogP contribution in [-0.2, 0) is 0 Å². The van der Waals surface area contributed by atoms with Crippen LogP contribution in [0.1, 0.15) is 10.4 Å². The number of halogens is 1. The summed E-state index contributed by atoms with van der Waals surface area (Å²) < 4.78 is 16.8. The molecule has 8 nitrogen and oxygen atoms in total. The highest BCUT2D eigenvalue weighted by atomic mass is 35.5. The fourth-order valence-corrected chi connectivity index (χ4v) is 3.38. The van der Waals surface area contributed by atoms with Gasteiger partial charge >= 0.3 is 6.03 Å². The molecule has 0 aromatic heterocycles. The number of hydrogen-bond donors (Lipinski definition) is 3. The van der Waals surface area contributed by atoms with Crippen molar-refractivity contribution < 1.29 is 23.8 Å². The molecule has 10 heteroatoms. The molecule has 172 valence electrons. The van der Waals surface area contributed by atoms with E-state index in [9.17, 15) is 9.59 Å². The Labute approximate surface area is 201 Å². The molecule has 0 radical (unpaired) electrons. The van der Waals surface area contributed by atoms with Crippen LogP contribution in [-0.4, -0.2) is 33.3 Å². The number of para-hydroxylation sites is 1. The Morgan fingerprint density at radius 2 is 1.48 bits per heavy atom. The van der Waals surface area contributed by atoms with Crippen LogP contribution >= 0.6 is 24.4 Å². The molecule has 0 spiro atoms. The third-order valence-corrected chi connectivity index (χ3v) is 5.34. The molecule has 2 N–H and O–H groups in total. The monoisotopic (exact) mass is 487 g/mol. The standard InChI is InChI=1S/C23H22ClN3O5S/c1-30-19-7-5-4-6-16(19)22(28)25-14-8-10-15(11-9-14)27(33)23(29)26-18-12-17(24)20(31-2)13-21(18)32-3/h4-13,33H,1-3H3,(H,25,28)(H,26,29). The first-order chi connectivity index (χ1) is 15.9. The Morgan fingerprint density at radius 1 is 0.848 bits per heavy atom. The molecule has 0 aliphatic heterocycles. The zero-order valence-corrected chi connectivity index (χ0v) is 19.7. The van der Waals surface area contributed by atoms with Crippen molar-refractivity contribution in [2.45, 2.75) is 0 Å². The van der Waals surface area contributed by atoms with Crippen LogP contribution in [0.2, 0.25) is 5.02 Å². The molecule has 3 rings (SSSR count). The molecule has 0 saturated carbocycles.